The Morgan fingerprint density at radius 1 is 1.20 bits per heavy atom. The summed E-state index contributed by atoms with van der Waals surface area (Å²) in [6.07, 6.45) is 1.83. The van der Waals surface area contributed by atoms with Crippen LogP contribution < -0.4 is 10.6 Å². The maximum atomic E-state index is 12.7. The lowest BCUT2D eigenvalue weighted by molar-refractivity contribution is -0.115. The van der Waals surface area contributed by atoms with E-state index in [-0.39, 0.29) is 11.7 Å². The van der Waals surface area contributed by atoms with E-state index in [0.29, 0.717) is 13.1 Å². The first-order chi connectivity index (χ1) is 14.7. The summed E-state index contributed by atoms with van der Waals surface area (Å²) in [5.74, 6) is 1.25. The highest BCUT2D eigenvalue weighted by Crippen LogP contribution is 2.43. The molecule has 9 heteroatoms. The fraction of sp³-hybridized carbons (Fsp3) is 0.190. The molecule has 0 saturated heterocycles. The summed E-state index contributed by atoms with van der Waals surface area (Å²) in [7, 11) is 2.00. The van der Waals surface area contributed by atoms with Gasteiger partial charge in [-0.1, -0.05) is 12.1 Å². The number of hydrogen-bond acceptors (Lipinski definition) is 7. The molecule has 1 aromatic carbocycles. The minimum absolute atomic E-state index is 0.0709. The van der Waals surface area contributed by atoms with E-state index < -0.39 is 0 Å². The van der Waals surface area contributed by atoms with Crippen LogP contribution in [0.4, 0.5) is 5.82 Å². The molecular formula is C21H18N6O2S. The number of aryl methyl sites for hydroxylation is 1. The van der Waals surface area contributed by atoms with Gasteiger partial charge in [0.05, 0.1) is 23.5 Å². The molecule has 1 unspecified atom stereocenters. The van der Waals surface area contributed by atoms with Gasteiger partial charge in [0.15, 0.2) is 21.8 Å². The van der Waals surface area contributed by atoms with E-state index >= 15 is 0 Å². The largest absolute Gasteiger partial charge is 0.453 e. The first kappa shape index (κ1) is 17.5. The van der Waals surface area contributed by atoms with Crippen LogP contribution in [0.2, 0.25) is 0 Å². The van der Waals surface area contributed by atoms with Gasteiger partial charge in [-0.15, -0.1) is 0 Å². The fourth-order valence-corrected chi connectivity index (χ4v) is 5.00. The molecule has 150 valence electrons. The number of H-pyrrole nitrogens is 1. The second-order valence-electron chi connectivity index (χ2n) is 7.37. The number of rotatable bonds is 3. The van der Waals surface area contributed by atoms with Crippen LogP contribution >= 0.6 is 11.8 Å². The topological polar surface area (TPSA) is 101 Å². The molecule has 3 N–H and O–H groups in total. The third-order valence-corrected chi connectivity index (χ3v) is 6.54. The number of furan rings is 1. The van der Waals surface area contributed by atoms with E-state index in [9.17, 15) is 4.79 Å². The van der Waals surface area contributed by atoms with Gasteiger partial charge in [-0.25, -0.2) is 4.98 Å². The molecule has 2 aliphatic heterocycles. The van der Waals surface area contributed by atoms with Crippen LogP contribution in [-0.2, 0) is 11.8 Å². The number of carbonyl (C=O) groups is 1. The van der Waals surface area contributed by atoms with E-state index in [1.54, 1.807) is 0 Å². The van der Waals surface area contributed by atoms with Gasteiger partial charge in [0, 0.05) is 36.6 Å². The second-order valence-corrected chi connectivity index (χ2v) is 8.34. The molecule has 1 atom stereocenters. The van der Waals surface area contributed by atoms with Crippen LogP contribution in [0.25, 0.3) is 11.0 Å². The van der Waals surface area contributed by atoms with Gasteiger partial charge in [-0.2, -0.15) is 5.10 Å². The van der Waals surface area contributed by atoms with Gasteiger partial charge >= 0.3 is 0 Å². The highest BCUT2D eigenvalue weighted by atomic mass is 32.2. The number of nitrogens with one attached hydrogen (secondary N) is 3. The van der Waals surface area contributed by atoms with Crippen molar-refractivity contribution in [2.45, 2.75) is 16.2 Å². The van der Waals surface area contributed by atoms with Crippen LogP contribution in [0.15, 0.2) is 68.5 Å². The van der Waals surface area contributed by atoms with Crippen molar-refractivity contribution in [3.8, 4) is 0 Å². The van der Waals surface area contributed by atoms with Gasteiger partial charge in [0.2, 0.25) is 0 Å². The smallest absolute Gasteiger partial charge is 0.176 e. The number of aromatic amines is 1. The van der Waals surface area contributed by atoms with Crippen molar-refractivity contribution in [3.05, 3.63) is 65.2 Å². The fourth-order valence-electron chi connectivity index (χ4n) is 4.17. The molecule has 0 bridgehead atoms. The third-order valence-electron chi connectivity index (χ3n) is 5.58. The monoisotopic (exact) mass is 418 g/mol. The predicted molar refractivity (Wildman–Crippen MR) is 113 cm³/mol. The molecule has 3 aromatic heterocycles. The van der Waals surface area contributed by atoms with Gasteiger partial charge < -0.3 is 19.6 Å². The van der Waals surface area contributed by atoms with Crippen molar-refractivity contribution in [1.29, 1.82) is 0 Å². The van der Waals surface area contributed by atoms with E-state index in [1.807, 2.05) is 49.6 Å². The van der Waals surface area contributed by atoms with Crippen molar-refractivity contribution in [1.82, 2.24) is 25.1 Å². The SMILES string of the molecule is Cn1c(Sc2ccc(C3C4=C(CNCC4=O)Nc4n[nH]cc43)o2)nc2ccccc21. The summed E-state index contributed by atoms with van der Waals surface area (Å²) in [4.78, 5) is 17.4. The number of anilines is 1. The Bertz CT molecular complexity index is 1330. The quantitative estimate of drug-likeness (QED) is 0.470. The lowest BCUT2D eigenvalue weighted by atomic mass is 9.82. The van der Waals surface area contributed by atoms with Crippen LogP contribution in [0.5, 0.6) is 0 Å². The molecule has 30 heavy (non-hydrogen) atoms. The molecule has 6 rings (SSSR count). The summed E-state index contributed by atoms with van der Waals surface area (Å²) in [6, 6.07) is 11.9. The first-order valence-electron chi connectivity index (χ1n) is 9.66. The summed E-state index contributed by atoms with van der Waals surface area (Å²) < 4.78 is 8.29. The highest BCUT2D eigenvalue weighted by molar-refractivity contribution is 7.99. The summed E-state index contributed by atoms with van der Waals surface area (Å²) in [6.45, 7) is 0.929. The number of nitrogens with zero attached hydrogens (tertiary/aromatic N) is 3. The van der Waals surface area contributed by atoms with E-state index in [4.69, 9.17) is 9.40 Å². The van der Waals surface area contributed by atoms with Crippen molar-refractivity contribution >= 4 is 34.4 Å². The Labute approximate surface area is 175 Å². The molecule has 0 aliphatic carbocycles. The summed E-state index contributed by atoms with van der Waals surface area (Å²) in [5, 5.41) is 15.2. The average Bonchev–Trinajstić information content (AvgIpc) is 3.47. The maximum absolute atomic E-state index is 12.7. The minimum atomic E-state index is -0.278. The molecule has 0 saturated carbocycles. The minimum Gasteiger partial charge on any atom is -0.453 e. The molecular weight excluding hydrogens is 400 g/mol. The standard InChI is InChI=1S/C21H18N6O2S/c1-27-14-5-3-2-4-12(14)25-21(27)30-17-7-6-16(29-17)18-11-8-23-26-20(11)24-13-9-22-10-15(28)19(13)18/h2-8,18,22H,9-10H2,1H3,(H2,23,24,26). The average molecular weight is 418 g/mol. The van der Waals surface area contributed by atoms with Crippen LogP contribution in [0.1, 0.15) is 17.2 Å². The van der Waals surface area contributed by atoms with Crippen molar-refractivity contribution < 1.29 is 9.21 Å². The van der Waals surface area contributed by atoms with Crippen molar-refractivity contribution in [2.24, 2.45) is 7.05 Å². The Kier molecular flexibility index (Phi) is 3.87. The molecule has 2 aliphatic rings. The number of imidazole rings is 1. The highest BCUT2D eigenvalue weighted by Gasteiger charge is 2.38. The Hall–Kier alpha value is -3.30. The number of aromatic nitrogens is 4. The summed E-state index contributed by atoms with van der Waals surface area (Å²) in [5.41, 5.74) is 4.54. The van der Waals surface area contributed by atoms with Crippen LogP contribution in [0.3, 0.4) is 0 Å². The number of fused-ring (bicyclic) bond motifs is 2. The van der Waals surface area contributed by atoms with Gasteiger partial charge in [-0.05, 0) is 36.0 Å². The van der Waals surface area contributed by atoms with E-state index in [1.165, 1.54) is 11.8 Å². The van der Waals surface area contributed by atoms with Gasteiger partial charge in [0.25, 0.3) is 0 Å². The molecule has 5 heterocycles. The number of hydrogen-bond donors (Lipinski definition) is 3. The molecule has 0 radical (unpaired) electrons. The van der Waals surface area contributed by atoms with Crippen LogP contribution in [0, 0.1) is 0 Å². The normalized spacial score (nSPS) is 18.4. The molecule has 0 fully saturated rings. The molecule has 0 spiro atoms. The number of Topliss-reactive ketones (excluding diaryl/α,β-unsaturated/α-hetero) is 1. The molecule has 0 amide bonds. The predicted octanol–water partition coefficient (Wildman–Crippen LogP) is 3.02. The zero-order valence-electron chi connectivity index (χ0n) is 16.1. The third kappa shape index (κ3) is 2.62. The zero-order valence-corrected chi connectivity index (χ0v) is 16.9. The van der Waals surface area contributed by atoms with Gasteiger partial charge in [0.1, 0.15) is 5.76 Å². The Balaban J connectivity index is 1.38. The first-order valence-corrected chi connectivity index (χ1v) is 10.5. The van der Waals surface area contributed by atoms with Gasteiger partial charge in [-0.3, -0.25) is 9.89 Å². The lowest BCUT2D eigenvalue weighted by Gasteiger charge is -2.30. The number of benzene rings is 1. The summed E-state index contributed by atoms with van der Waals surface area (Å²) >= 11 is 1.47. The number of carbonyl (C=O) groups excluding carboxylic acids is 1. The molecule has 8 nitrogen and oxygen atoms in total. The number of para-hydroxylation sites is 2. The Morgan fingerprint density at radius 2 is 2.10 bits per heavy atom. The lowest BCUT2D eigenvalue weighted by Crippen LogP contribution is -2.39. The molecule has 4 aromatic rings. The number of ketones is 1. The van der Waals surface area contributed by atoms with Crippen molar-refractivity contribution in [3.63, 3.8) is 0 Å². The van der Waals surface area contributed by atoms with Crippen LogP contribution in [-0.4, -0.2) is 38.6 Å². The Morgan fingerprint density at radius 3 is 3.00 bits per heavy atom. The van der Waals surface area contributed by atoms with E-state index in [0.717, 1.165) is 49.7 Å². The second kappa shape index (κ2) is 6.61. The zero-order chi connectivity index (χ0) is 20.2. The van der Waals surface area contributed by atoms with Crippen molar-refractivity contribution in [2.75, 3.05) is 18.4 Å². The van der Waals surface area contributed by atoms with E-state index in [2.05, 4.69) is 25.4 Å². The maximum Gasteiger partial charge on any atom is 0.176 e.